The van der Waals surface area contributed by atoms with E-state index < -0.39 is 5.97 Å². The fourth-order valence-corrected chi connectivity index (χ4v) is 2.99. The van der Waals surface area contributed by atoms with Crippen molar-refractivity contribution in [3.05, 3.63) is 95.1 Å². The second kappa shape index (κ2) is 7.87. The number of methoxy groups -OCH3 is 1. The van der Waals surface area contributed by atoms with Gasteiger partial charge in [0, 0.05) is 5.56 Å². The fraction of sp³-hybridized carbons (Fsp3) is 0.130. The third-order valence-corrected chi connectivity index (χ3v) is 4.59. The molecular formula is C23H21NO3. The highest BCUT2D eigenvalue weighted by Crippen LogP contribution is 2.34. The number of amides is 1. The van der Waals surface area contributed by atoms with Crippen LogP contribution >= 0.6 is 0 Å². The molecule has 0 aliphatic heterocycles. The van der Waals surface area contributed by atoms with Crippen molar-refractivity contribution in [2.45, 2.75) is 13.8 Å². The Labute approximate surface area is 159 Å². The minimum atomic E-state index is -0.484. The molecule has 3 rings (SSSR count). The highest BCUT2D eigenvalue weighted by atomic mass is 16.5. The number of para-hydroxylation sites is 1. The van der Waals surface area contributed by atoms with E-state index in [4.69, 9.17) is 4.74 Å². The first-order valence-corrected chi connectivity index (χ1v) is 8.67. The maximum absolute atomic E-state index is 13.4. The quantitative estimate of drug-likeness (QED) is 0.611. The average molecular weight is 359 g/mol. The Bertz CT molecular complexity index is 980. The van der Waals surface area contributed by atoms with E-state index in [-0.39, 0.29) is 5.91 Å². The summed E-state index contributed by atoms with van der Waals surface area (Å²) >= 11 is 0. The zero-order chi connectivity index (χ0) is 19.4. The molecule has 4 nitrogen and oxygen atoms in total. The minimum absolute atomic E-state index is 0.208. The zero-order valence-corrected chi connectivity index (χ0v) is 15.6. The molecule has 0 saturated carbocycles. The molecule has 27 heavy (non-hydrogen) atoms. The number of hydrogen-bond acceptors (Lipinski definition) is 3. The molecule has 0 saturated heterocycles. The second-order valence-corrected chi connectivity index (χ2v) is 6.23. The molecule has 0 bridgehead atoms. The Morgan fingerprint density at radius 3 is 2.11 bits per heavy atom. The summed E-state index contributed by atoms with van der Waals surface area (Å²) in [6.45, 7) is 3.97. The van der Waals surface area contributed by atoms with Crippen LogP contribution < -0.4 is 4.90 Å². The van der Waals surface area contributed by atoms with Crippen LogP contribution in [0, 0.1) is 13.8 Å². The van der Waals surface area contributed by atoms with E-state index >= 15 is 0 Å². The van der Waals surface area contributed by atoms with Gasteiger partial charge in [-0.15, -0.1) is 0 Å². The molecule has 0 fully saturated rings. The summed E-state index contributed by atoms with van der Waals surface area (Å²) in [5, 5.41) is 0. The van der Waals surface area contributed by atoms with E-state index in [1.165, 1.54) is 7.11 Å². The molecular weight excluding hydrogens is 338 g/mol. The third-order valence-electron chi connectivity index (χ3n) is 4.59. The predicted octanol–water partition coefficient (Wildman–Crippen LogP) is 5.07. The molecule has 0 aromatic heterocycles. The van der Waals surface area contributed by atoms with Crippen LogP contribution in [-0.4, -0.2) is 19.0 Å². The number of carbonyl (C=O) groups excluding carboxylic acids is 2. The Morgan fingerprint density at radius 1 is 0.778 bits per heavy atom. The van der Waals surface area contributed by atoms with Crippen LogP contribution in [0.4, 0.5) is 11.4 Å². The van der Waals surface area contributed by atoms with Gasteiger partial charge < -0.3 is 4.74 Å². The summed E-state index contributed by atoms with van der Waals surface area (Å²) in [5.74, 6) is -0.692. The number of rotatable bonds is 4. The highest BCUT2D eigenvalue weighted by Gasteiger charge is 2.26. The molecule has 0 aliphatic rings. The topological polar surface area (TPSA) is 46.6 Å². The van der Waals surface area contributed by atoms with Gasteiger partial charge in [-0.05, 0) is 55.3 Å². The molecule has 3 aromatic rings. The molecule has 0 unspecified atom stereocenters. The number of aryl methyl sites for hydroxylation is 1. The SMILES string of the molecule is COC(=O)c1ccccc1N(C(=O)c1ccccc1)c1cccc(C)c1C. The summed E-state index contributed by atoms with van der Waals surface area (Å²) in [5.41, 5.74) is 4.14. The molecule has 0 aliphatic carbocycles. The van der Waals surface area contributed by atoms with Crippen molar-refractivity contribution in [3.8, 4) is 0 Å². The smallest absolute Gasteiger partial charge is 0.339 e. The third kappa shape index (κ3) is 3.60. The highest BCUT2D eigenvalue weighted by molar-refractivity contribution is 6.14. The zero-order valence-electron chi connectivity index (χ0n) is 15.6. The number of benzene rings is 3. The summed E-state index contributed by atoms with van der Waals surface area (Å²) < 4.78 is 4.93. The number of anilines is 2. The van der Waals surface area contributed by atoms with Crippen molar-refractivity contribution in [2.24, 2.45) is 0 Å². The Morgan fingerprint density at radius 2 is 1.41 bits per heavy atom. The standard InChI is InChI=1S/C23H21NO3/c1-16-10-9-15-20(17(16)2)24(22(25)18-11-5-4-6-12-18)21-14-8-7-13-19(21)23(26)27-3/h4-15H,1-3H3. The van der Waals surface area contributed by atoms with Crippen molar-refractivity contribution in [3.63, 3.8) is 0 Å². The molecule has 4 heteroatoms. The van der Waals surface area contributed by atoms with Gasteiger partial charge >= 0.3 is 5.97 Å². The van der Waals surface area contributed by atoms with Crippen LogP contribution in [-0.2, 0) is 4.74 Å². The van der Waals surface area contributed by atoms with Crippen LogP contribution in [0.5, 0.6) is 0 Å². The number of hydrogen-bond donors (Lipinski definition) is 0. The maximum Gasteiger partial charge on any atom is 0.339 e. The van der Waals surface area contributed by atoms with Crippen molar-refractivity contribution >= 4 is 23.3 Å². The molecule has 0 atom stereocenters. The summed E-state index contributed by atoms with van der Waals surface area (Å²) in [4.78, 5) is 27.4. The lowest BCUT2D eigenvalue weighted by Crippen LogP contribution is -2.28. The minimum Gasteiger partial charge on any atom is -0.465 e. The lowest BCUT2D eigenvalue weighted by Gasteiger charge is -2.27. The van der Waals surface area contributed by atoms with E-state index in [0.29, 0.717) is 16.8 Å². The van der Waals surface area contributed by atoms with Crippen LogP contribution in [0.15, 0.2) is 72.8 Å². The average Bonchev–Trinajstić information content (AvgIpc) is 2.71. The number of carbonyl (C=O) groups is 2. The fourth-order valence-electron chi connectivity index (χ4n) is 2.99. The second-order valence-electron chi connectivity index (χ2n) is 6.23. The normalized spacial score (nSPS) is 10.3. The van der Waals surface area contributed by atoms with Crippen molar-refractivity contribution < 1.29 is 14.3 Å². The Kier molecular flexibility index (Phi) is 5.36. The Balaban J connectivity index is 2.25. The number of esters is 1. The summed E-state index contributed by atoms with van der Waals surface area (Å²) in [6, 6.07) is 21.8. The van der Waals surface area contributed by atoms with Gasteiger partial charge in [0.15, 0.2) is 0 Å². The largest absolute Gasteiger partial charge is 0.465 e. The van der Waals surface area contributed by atoms with Gasteiger partial charge in [-0.2, -0.15) is 0 Å². The van der Waals surface area contributed by atoms with Crippen molar-refractivity contribution in [1.29, 1.82) is 0 Å². The van der Waals surface area contributed by atoms with Crippen LogP contribution in [0.2, 0.25) is 0 Å². The van der Waals surface area contributed by atoms with Gasteiger partial charge in [0.1, 0.15) is 0 Å². The van der Waals surface area contributed by atoms with Gasteiger partial charge in [0.25, 0.3) is 5.91 Å². The van der Waals surface area contributed by atoms with Gasteiger partial charge in [-0.1, -0.05) is 42.5 Å². The molecule has 1 amide bonds. The van der Waals surface area contributed by atoms with Crippen LogP contribution in [0.25, 0.3) is 0 Å². The molecule has 136 valence electrons. The lowest BCUT2D eigenvalue weighted by molar-refractivity contribution is 0.0601. The number of nitrogens with zero attached hydrogens (tertiary/aromatic N) is 1. The van der Waals surface area contributed by atoms with Crippen LogP contribution in [0.1, 0.15) is 31.8 Å². The van der Waals surface area contributed by atoms with E-state index in [1.807, 2.05) is 50.2 Å². The van der Waals surface area contributed by atoms with E-state index in [2.05, 4.69) is 0 Å². The van der Waals surface area contributed by atoms with Crippen LogP contribution in [0.3, 0.4) is 0 Å². The van der Waals surface area contributed by atoms with Gasteiger partial charge in [-0.3, -0.25) is 9.69 Å². The molecule has 0 spiro atoms. The monoisotopic (exact) mass is 359 g/mol. The summed E-state index contributed by atoms with van der Waals surface area (Å²) in [7, 11) is 1.33. The van der Waals surface area contributed by atoms with Gasteiger partial charge in [0.2, 0.25) is 0 Å². The first kappa shape index (κ1) is 18.4. The molecule has 0 N–H and O–H groups in total. The van der Waals surface area contributed by atoms with E-state index in [0.717, 1.165) is 16.8 Å². The molecule has 0 radical (unpaired) electrons. The molecule has 3 aromatic carbocycles. The van der Waals surface area contributed by atoms with E-state index in [9.17, 15) is 9.59 Å². The lowest BCUT2D eigenvalue weighted by atomic mass is 10.0. The van der Waals surface area contributed by atoms with Crippen molar-refractivity contribution in [1.82, 2.24) is 0 Å². The first-order valence-electron chi connectivity index (χ1n) is 8.67. The number of ether oxygens (including phenoxy) is 1. The van der Waals surface area contributed by atoms with Gasteiger partial charge in [0.05, 0.1) is 24.0 Å². The maximum atomic E-state index is 13.4. The van der Waals surface area contributed by atoms with E-state index in [1.54, 1.807) is 41.3 Å². The summed E-state index contributed by atoms with van der Waals surface area (Å²) in [6.07, 6.45) is 0. The Hall–Kier alpha value is -3.40. The predicted molar refractivity (Wildman–Crippen MR) is 107 cm³/mol. The first-order chi connectivity index (χ1) is 13.0. The van der Waals surface area contributed by atoms with Crippen molar-refractivity contribution in [2.75, 3.05) is 12.0 Å². The van der Waals surface area contributed by atoms with Gasteiger partial charge in [-0.25, -0.2) is 4.79 Å². The molecule has 0 heterocycles.